The Bertz CT molecular complexity index is 1160. The van der Waals surface area contributed by atoms with E-state index in [0.717, 1.165) is 9.69 Å². The lowest BCUT2D eigenvalue weighted by Gasteiger charge is -2.18. The lowest BCUT2D eigenvalue weighted by molar-refractivity contribution is -0.114. The third-order valence-electron chi connectivity index (χ3n) is 4.33. The van der Waals surface area contributed by atoms with Crippen molar-refractivity contribution < 1.29 is 22.0 Å². The first-order valence-corrected chi connectivity index (χ1v) is 10.6. The third kappa shape index (κ3) is 3.31. The van der Waals surface area contributed by atoms with Gasteiger partial charge in [0, 0.05) is 16.0 Å². The molecule has 0 aromatic heterocycles. The van der Waals surface area contributed by atoms with E-state index in [9.17, 15) is 22.0 Å². The monoisotopic (exact) mass is 420 g/mol. The second kappa shape index (κ2) is 7.06. The lowest BCUT2D eigenvalue weighted by Crippen LogP contribution is -2.35. The molecule has 0 atom stereocenters. The molecular weight excluding hydrogens is 406 g/mol. The largest absolute Gasteiger partial charge is 0.325 e. The maximum atomic E-state index is 12.9. The van der Waals surface area contributed by atoms with Crippen molar-refractivity contribution in [3.8, 4) is 0 Å². The SMILES string of the molecule is O=C(CN1c2cccc3cccc(c23)S1(=O)=O)Nc1ccc(SC(F)F)cc1. The summed E-state index contributed by atoms with van der Waals surface area (Å²) in [5.74, 6) is -3.05. The van der Waals surface area contributed by atoms with Crippen LogP contribution in [0.15, 0.2) is 70.5 Å². The Hall–Kier alpha value is -2.65. The number of hydrogen-bond donors (Lipinski definition) is 1. The topological polar surface area (TPSA) is 66.5 Å². The van der Waals surface area contributed by atoms with Crippen LogP contribution in [-0.4, -0.2) is 26.6 Å². The van der Waals surface area contributed by atoms with Crippen molar-refractivity contribution >= 4 is 49.8 Å². The van der Waals surface area contributed by atoms with Gasteiger partial charge in [0.25, 0.3) is 15.8 Å². The molecule has 3 aromatic rings. The fourth-order valence-electron chi connectivity index (χ4n) is 3.18. The van der Waals surface area contributed by atoms with Crippen LogP contribution in [0.4, 0.5) is 20.2 Å². The second-order valence-electron chi connectivity index (χ2n) is 6.09. The smallest absolute Gasteiger partial charge is 0.288 e. The number of nitrogens with zero attached hydrogens (tertiary/aromatic N) is 1. The number of carbonyl (C=O) groups excluding carboxylic acids is 1. The van der Waals surface area contributed by atoms with Gasteiger partial charge in [0.2, 0.25) is 5.91 Å². The van der Waals surface area contributed by atoms with Gasteiger partial charge < -0.3 is 5.32 Å². The normalized spacial score (nSPS) is 14.6. The Morgan fingerprint density at radius 1 is 1.04 bits per heavy atom. The van der Waals surface area contributed by atoms with Gasteiger partial charge in [-0.3, -0.25) is 9.10 Å². The molecule has 0 saturated carbocycles. The zero-order valence-electron chi connectivity index (χ0n) is 14.3. The quantitative estimate of drug-likeness (QED) is 0.625. The van der Waals surface area contributed by atoms with Gasteiger partial charge in [-0.2, -0.15) is 8.78 Å². The number of anilines is 2. The van der Waals surface area contributed by atoms with E-state index in [-0.39, 0.29) is 11.4 Å². The van der Waals surface area contributed by atoms with Crippen molar-refractivity contribution in [1.82, 2.24) is 0 Å². The summed E-state index contributed by atoms with van der Waals surface area (Å²) in [7, 11) is -3.82. The van der Waals surface area contributed by atoms with Gasteiger partial charge in [-0.25, -0.2) is 8.42 Å². The molecule has 0 unspecified atom stereocenters. The van der Waals surface area contributed by atoms with Gasteiger partial charge in [0.1, 0.15) is 6.54 Å². The first kappa shape index (κ1) is 18.7. The van der Waals surface area contributed by atoms with Crippen molar-refractivity contribution in [3.63, 3.8) is 0 Å². The van der Waals surface area contributed by atoms with E-state index in [1.807, 2.05) is 12.1 Å². The predicted octanol–water partition coefficient (Wildman–Crippen LogP) is 4.30. The molecule has 1 amide bonds. The number of thioether (sulfide) groups is 1. The Labute approximate surface area is 164 Å². The fourth-order valence-corrected chi connectivity index (χ4v) is 5.34. The molecule has 4 rings (SSSR count). The van der Waals surface area contributed by atoms with Gasteiger partial charge >= 0.3 is 0 Å². The van der Waals surface area contributed by atoms with E-state index in [1.54, 1.807) is 18.2 Å². The highest BCUT2D eigenvalue weighted by atomic mass is 32.2. The zero-order chi connectivity index (χ0) is 19.9. The van der Waals surface area contributed by atoms with Gasteiger partial charge in [0.15, 0.2) is 0 Å². The molecule has 144 valence electrons. The number of nitrogens with one attached hydrogen (secondary N) is 1. The minimum atomic E-state index is -3.82. The van der Waals surface area contributed by atoms with Gasteiger partial charge in [0.05, 0.1) is 10.6 Å². The zero-order valence-corrected chi connectivity index (χ0v) is 15.9. The summed E-state index contributed by atoms with van der Waals surface area (Å²) in [6.07, 6.45) is 0. The second-order valence-corrected chi connectivity index (χ2v) is 8.99. The van der Waals surface area contributed by atoms with Crippen LogP contribution in [0.25, 0.3) is 10.8 Å². The van der Waals surface area contributed by atoms with E-state index in [4.69, 9.17) is 0 Å². The molecule has 28 heavy (non-hydrogen) atoms. The van der Waals surface area contributed by atoms with Crippen molar-refractivity contribution in [2.75, 3.05) is 16.2 Å². The summed E-state index contributed by atoms with van der Waals surface area (Å²) in [5, 5.41) is 3.99. The Balaban J connectivity index is 1.55. The highest BCUT2D eigenvalue weighted by Crippen LogP contribution is 2.41. The molecule has 0 radical (unpaired) electrons. The number of alkyl halides is 2. The third-order valence-corrected chi connectivity index (χ3v) is 6.86. The molecule has 1 aliphatic rings. The molecule has 1 N–H and O–H groups in total. The molecule has 0 aliphatic carbocycles. The summed E-state index contributed by atoms with van der Waals surface area (Å²) in [5.41, 5.74) is 0.864. The minimum Gasteiger partial charge on any atom is -0.325 e. The number of carbonyl (C=O) groups is 1. The van der Waals surface area contributed by atoms with E-state index in [2.05, 4.69) is 5.32 Å². The van der Waals surface area contributed by atoms with E-state index in [0.29, 0.717) is 33.4 Å². The molecule has 0 spiro atoms. The molecule has 0 fully saturated rings. The van der Waals surface area contributed by atoms with Crippen LogP contribution in [-0.2, 0) is 14.8 Å². The molecule has 9 heteroatoms. The summed E-state index contributed by atoms with van der Waals surface area (Å²) in [4.78, 5) is 13.0. The number of halogens is 2. The fraction of sp³-hybridized carbons (Fsp3) is 0.105. The van der Waals surface area contributed by atoms with Crippen LogP contribution in [0, 0.1) is 0 Å². The molecule has 0 bridgehead atoms. The van der Waals surface area contributed by atoms with Crippen LogP contribution in [0.1, 0.15) is 0 Å². The number of sulfonamides is 1. The number of rotatable bonds is 5. The summed E-state index contributed by atoms with van der Waals surface area (Å²) >= 11 is 0.408. The van der Waals surface area contributed by atoms with Gasteiger partial charge in [-0.1, -0.05) is 36.0 Å². The average molecular weight is 420 g/mol. The maximum Gasteiger partial charge on any atom is 0.288 e. The summed E-state index contributed by atoms with van der Waals surface area (Å²) < 4.78 is 51.6. The van der Waals surface area contributed by atoms with E-state index >= 15 is 0 Å². The number of amides is 1. The maximum absolute atomic E-state index is 12.9. The lowest BCUT2D eigenvalue weighted by atomic mass is 10.1. The Morgan fingerprint density at radius 2 is 1.71 bits per heavy atom. The summed E-state index contributed by atoms with van der Waals surface area (Å²) in [6.45, 7) is -0.385. The predicted molar refractivity (Wildman–Crippen MR) is 105 cm³/mol. The Morgan fingerprint density at radius 3 is 2.39 bits per heavy atom. The van der Waals surface area contributed by atoms with Crippen molar-refractivity contribution in [2.45, 2.75) is 15.5 Å². The Kier molecular flexibility index (Phi) is 4.72. The number of benzene rings is 3. The van der Waals surface area contributed by atoms with E-state index < -0.39 is 21.7 Å². The van der Waals surface area contributed by atoms with E-state index in [1.165, 1.54) is 30.3 Å². The van der Waals surface area contributed by atoms with Crippen LogP contribution in [0.3, 0.4) is 0 Å². The first-order chi connectivity index (χ1) is 13.4. The standard InChI is InChI=1S/C19H14F2N2O3S2/c20-19(21)27-14-9-7-13(8-10-14)22-17(24)11-23-15-5-1-3-12-4-2-6-16(18(12)15)28(23,25)26/h1-10,19H,11H2,(H,22,24). The molecule has 5 nitrogen and oxygen atoms in total. The van der Waals surface area contributed by atoms with Crippen LogP contribution < -0.4 is 9.62 Å². The first-order valence-electron chi connectivity index (χ1n) is 8.25. The van der Waals surface area contributed by atoms with Crippen LogP contribution in [0.5, 0.6) is 0 Å². The van der Waals surface area contributed by atoms with Crippen molar-refractivity contribution in [1.29, 1.82) is 0 Å². The van der Waals surface area contributed by atoms with Crippen molar-refractivity contribution in [2.24, 2.45) is 0 Å². The molecular formula is C19H14F2N2O3S2. The molecule has 0 saturated heterocycles. The van der Waals surface area contributed by atoms with Gasteiger partial charge in [-0.15, -0.1) is 0 Å². The summed E-state index contributed by atoms with van der Waals surface area (Å²) in [6, 6.07) is 16.2. The molecule has 1 aliphatic heterocycles. The highest BCUT2D eigenvalue weighted by molar-refractivity contribution is 7.99. The highest BCUT2D eigenvalue weighted by Gasteiger charge is 2.36. The molecule has 3 aromatic carbocycles. The van der Waals surface area contributed by atoms with Gasteiger partial charge in [-0.05, 0) is 41.8 Å². The number of hydrogen-bond acceptors (Lipinski definition) is 4. The minimum absolute atomic E-state index is 0.182. The molecule has 1 heterocycles. The van der Waals surface area contributed by atoms with Crippen LogP contribution >= 0.6 is 11.8 Å². The average Bonchev–Trinajstić information content (AvgIpc) is 2.86. The van der Waals surface area contributed by atoms with Crippen molar-refractivity contribution in [3.05, 3.63) is 60.7 Å². The van der Waals surface area contributed by atoms with Crippen LogP contribution in [0.2, 0.25) is 0 Å².